The van der Waals surface area contributed by atoms with Crippen LogP contribution in [0.2, 0.25) is 5.02 Å². The fourth-order valence-corrected chi connectivity index (χ4v) is 4.96. The summed E-state index contributed by atoms with van der Waals surface area (Å²) in [6.07, 6.45) is 3.39. The Balaban J connectivity index is 1.94. The number of hydrogen-bond donors (Lipinski definition) is 0. The minimum absolute atomic E-state index is 0.0419. The first kappa shape index (κ1) is 14.5. The lowest BCUT2D eigenvalue weighted by Gasteiger charge is -1.97. The molecule has 21 heavy (non-hydrogen) atoms. The maximum absolute atomic E-state index is 12.4. The van der Waals surface area contributed by atoms with E-state index in [2.05, 4.69) is 12.3 Å². The predicted molar refractivity (Wildman–Crippen MR) is 94.0 cm³/mol. The van der Waals surface area contributed by atoms with Crippen molar-refractivity contribution in [3.8, 4) is 0 Å². The molecule has 2 aromatic heterocycles. The molecule has 1 nitrogen and oxygen atoms in total. The van der Waals surface area contributed by atoms with E-state index in [1.54, 1.807) is 34.8 Å². The smallest absolute Gasteiger partial charge is 0.196 e. The molecule has 0 saturated heterocycles. The average Bonchev–Trinajstić information content (AvgIpc) is 2.99. The molecule has 0 aliphatic rings. The van der Waals surface area contributed by atoms with E-state index in [1.807, 2.05) is 31.2 Å². The molecule has 0 atom stereocenters. The van der Waals surface area contributed by atoms with E-state index in [4.69, 9.17) is 11.6 Å². The Hall–Kier alpha value is -1.42. The van der Waals surface area contributed by atoms with Gasteiger partial charge in [-0.3, -0.25) is 4.79 Å². The van der Waals surface area contributed by atoms with E-state index in [9.17, 15) is 4.79 Å². The van der Waals surface area contributed by atoms with Crippen LogP contribution in [0.25, 0.3) is 15.5 Å². The van der Waals surface area contributed by atoms with Gasteiger partial charge in [-0.2, -0.15) is 0 Å². The van der Waals surface area contributed by atoms with Crippen LogP contribution in [0.3, 0.4) is 0 Å². The van der Waals surface area contributed by atoms with Crippen molar-refractivity contribution in [1.29, 1.82) is 0 Å². The normalized spacial score (nSPS) is 11.6. The maximum atomic E-state index is 12.4. The third kappa shape index (κ3) is 2.69. The molecule has 0 radical (unpaired) electrons. The van der Waals surface area contributed by atoms with Gasteiger partial charge in [0.25, 0.3) is 0 Å². The summed E-state index contributed by atoms with van der Waals surface area (Å²) in [4.78, 5) is 13.2. The highest BCUT2D eigenvalue weighted by molar-refractivity contribution is 7.38. The van der Waals surface area contributed by atoms with Crippen LogP contribution in [-0.4, -0.2) is 5.78 Å². The molecule has 106 valence electrons. The topological polar surface area (TPSA) is 17.1 Å². The highest BCUT2D eigenvalue weighted by Gasteiger charge is 2.16. The lowest BCUT2D eigenvalue weighted by atomic mass is 10.1. The van der Waals surface area contributed by atoms with Crippen LogP contribution in [-0.2, 0) is 0 Å². The highest BCUT2D eigenvalue weighted by atomic mass is 35.5. The second kappa shape index (κ2) is 5.76. The molecule has 0 saturated carbocycles. The second-order valence-electron chi connectivity index (χ2n) is 4.86. The van der Waals surface area contributed by atoms with Gasteiger partial charge in [-0.1, -0.05) is 29.8 Å². The lowest BCUT2D eigenvalue weighted by Crippen LogP contribution is -1.92. The summed E-state index contributed by atoms with van der Waals surface area (Å²) in [5, 5.41) is 4.03. The molecule has 3 rings (SSSR count). The van der Waals surface area contributed by atoms with Crippen molar-refractivity contribution >= 4 is 55.5 Å². The van der Waals surface area contributed by atoms with Crippen LogP contribution in [0, 0.1) is 13.8 Å². The minimum Gasteiger partial charge on any atom is -0.288 e. The Morgan fingerprint density at radius 2 is 2.00 bits per heavy atom. The molecule has 2 heterocycles. The summed E-state index contributed by atoms with van der Waals surface area (Å²) in [5.74, 6) is 0.0419. The number of halogens is 1. The molecule has 0 spiro atoms. The van der Waals surface area contributed by atoms with E-state index in [-0.39, 0.29) is 5.78 Å². The number of ketones is 1. The van der Waals surface area contributed by atoms with Gasteiger partial charge in [-0.25, -0.2) is 0 Å². The number of thiophene rings is 2. The van der Waals surface area contributed by atoms with Gasteiger partial charge in [-0.15, -0.1) is 22.7 Å². The van der Waals surface area contributed by atoms with Crippen molar-refractivity contribution in [2.45, 2.75) is 13.8 Å². The van der Waals surface area contributed by atoms with Crippen molar-refractivity contribution in [2.75, 3.05) is 0 Å². The van der Waals surface area contributed by atoms with Gasteiger partial charge in [0, 0.05) is 10.4 Å². The monoisotopic (exact) mass is 332 g/mol. The van der Waals surface area contributed by atoms with Crippen LogP contribution < -0.4 is 0 Å². The number of carbonyl (C=O) groups excluding carboxylic acids is 1. The van der Waals surface area contributed by atoms with Crippen LogP contribution >= 0.6 is 34.3 Å². The van der Waals surface area contributed by atoms with E-state index >= 15 is 0 Å². The van der Waals surface area contributed by atoms with Gasteiger partial charge in [0.1, 0.15) is 0 Å². The van der Waals surface area contributed by atoms with Gasteiger partial charge >= 0.3 is 0 Å². The standard InChI is InChI=1S/C17H13ClOS2/c1-10-9-20-17-15(10)11(2)16(21-17)14(19)8-7-12-5-3-4-6-13(12)18/h3-9H,1-2H3/b8-7-. The van der Waals surface area contributed by atoms with Gasteiger partial charge < -0.3 is 0 Å². The van der Waals surface area contributed by atoms with Crippen molar-refractivity contribution in [3.63, 3.8) is 0 Å². The summed E-state index contributed by atoms with van der Waals surface area (Å²) in [6, 6.07) is 7.51. The Morgan fingerprint density at radius 3 is 2.71 bits per heavy atom. The van der Waals surface area contributed by atoms with Crippen LogP contribution in [0.1, 0.15) is 26.4 Å². The van der Waals surface area contributed by atoms with Crippen LogP contribution in [0.5, 0.6) is 0 Å². The number of aryl methyl sites for hydroxylation is 2. The van der Waals surface area contributed by atoms with E-state index in [0.29, 0.717) is 5.02 Å². The van der Waals surface area contributed by atoms with Crippen LogP contribution in [0.4, 0.5) is 0 Å². The molecule has 0 aliphatic heterocycles. The molecular weight excluding hydrogens is 320 g/mol. The summed E-state index contributed by atoms with van der Waals surface area (Å²) >= 11 is 9.38. The number of hydrogen-bond acceptors (Lipinski definition) is 3. The van der Waals surface area contributed by atoms with Gasteiger partial charge in [-0.05, 0) is 54.1 Å². The molecule has 0 amide bonds. The third-order valence-electron chi connectivity index (χ3n) is 3.39. The average molecular weight is 333 g/mol. The first-order chi connectivity index (χ1) is 10.1. The molecule has 4 heteroatoms. The maximum Gasteiger partial charge on any atom is 0.196 e. The first-order valence-electron chi connectivity index (χ1n) is 6.52. The lowest BCUT2D eigenvalue weighted by molar-refractivity contribution is 0.105. The molecule has 0 N–H and O–H groups in total. The van der Waals surface area contributed by atoms with Gasteiger partial charge in [0.05, 0.1) is 8.89 Å². The first-order valence-corrected chi connectivity index (χ1v) is 8.59. The summed E-state index contributed by atoms with van der Waals surface area (Å²) in [5.41, 5.74) is 3.19. The van der Waals surface area contributed by atoms with Crippen molar-refractivity contribution < 1.29 is 4.79 Å². The molecule has 3 aromatic rings. The number of carbonyl (C=O) groups is 1. The van der Waals surface area contributed by atoms with Crippen molar-refractivity contribution in [2.24, 2.45) is 0 Å². The van der Waals surface area contributed by atoms with Crippen LogP contribution in [0.15, 0.2) is 35.7 Å². The fraction of sp³-hybridized carbons (Fsp3) is 0.118. The van der Waals surface area contributed by atoms with Gasteiger partial charge in [0.15, 0.2) is 5.78 Å². The van der Waals surface area contributed by atoms with E-state index in [1.165, 1.54) is 15.0 Å². The summed E-state index contributed by atoms with van der Waals surface area (Å²) in [6.45, 7) is 4.11. The molecule has 0 aliphatic carbocycles. The molecule has 0 unspecified atom stereocenters. The Morgan fingerprint density at radius 1 is 1.24 bits per heavy atom. The Kier molecular flexibility index (Phi) is 3.98. The largest absolute Gasteiger partial charge is 0.288 e. The summed E-state index contributed by atoms with van der Waals surface area (Å²) < 4.78 is 1.22. The highest BCUT2D eigenvalue weighted by Crippen LogP contribution is 2.37. The number of rotatable bonds is 3. The Bertz CT molecular complexity index is 855. The number of benzene rings is 1. The second-order valence-corrected chi connectivity index (χ2v) is 7.42. The fourth-order valence-electron chi connectivity index (χ4n) is 2.31. The molecular formula is C17H13ClOS2. The van der Waals surface area contributed by atoms with Crippen molar-refractivity contribution in [1.82, 2.24) is 0 Å². The molecule has 0 bridgehead atoms. The zero-order valence-electron chi connectivity index (χ0n) is 11.6. The molecule has 1 aromatic carbocycles. The number of allylic oxidation sites excluding steroid dienone is 1. The predicted octanol–water partition coefficient (Wildman–Crippen LogP) is 6.13. The summed E-state index contributed by atoms with van der Waals surface area (Å²) in [7, 11) is 0. The van der Waals surface area contributed by atoms with E-state index < -0.39 is 0 Å². The zero-order valence-corrected chi connectivity index (χ0v) is 14.0. The zero-order chi connectivity index (χ0) is 15.0. The third-order valence-corrected chi connectivity index (χ3v) is 6.27. The van der Waals surface area contributed by atoms with Crippen molar-refractivity contribution in [3.05, 3.63) is 62.3 Å². The molecule has 0 fully saturated rings. The SMILES string of the molecule is Cc1csc2sc(C(=O)/C=C\c3ccccc3Cl)c(C)c12. The van der Waals surface area contributed by atoms with Gasteiger partial charge in [0.2, 0.25) is 0 Å². The Labute approximate surface area is 136 Å². The minimum atomic E-state index is 0.0419. The number of fused-ring (bicyclic) bond motifs is 1. The van der Waals surface area contributed by atoms with E-state index in [0.717, 1.165) is 16.0 Å². The quantitative estimate of drug-likeness (QED) is 0.416.